The maximum absolute atomic E-state index is 12.2. The zero-order valence-corrected chi connectivity index (χ0v) is 14.0. The smallest absolute Gasteiger partial charge is 0.230 e. The second-order valence-corrected chi connectivity index (χ2v) is 7.02. The third-order valence-corrected chi connectivity index (χ3v) is 5.42. The van der Waals surface area contributed by atoms with Gasteiger partial charge in [0, 0.05) is 10.4 Å². The van der Waals surface area contributed by atoms with Crippen LogP contribution in [0.5, 0.6) is 0 Å². The van der Waals surface area contributed by atoms with E-state index in [1.54, 1.807) is 11.3 Å². The number of hydrogen-bond donors (Lipinski definition) is 1. The monoisotopic (exact) mass is 319 g/mol. The Hall–Kier alpha value is -1.69. The molecule has 0 fully saturated rings. The molecule has 2 aromatic heterocycles. The number of amides is 1. The summed E-state index contributed by atoms with van der Waals surface area (Å²) in [7, 11) is 0. The van der Waals surface area contributed by atoms with E-state index >= 15 is 0 Å². The molecule has 0 radical (unpaired) electrons. The lowest BCUT2D eigenvalue weighted by atomic mass is 9.89. The number of aromatic nitrogens is 2. The van der Waals surface area contributed by atoms with Crippen LogP contribution in [0.4, 0.5) is 5.13 Å². The normalized spacial score (nSPS) is 17.3. The van der Waals surface area contributed by atoms with E-state index in [-0.39, 0.29) is 12.3 Å². The largest absolute Gasteiger partial charge is 0.361 e. The molecule has 3 rings (SSSR count). The van der Waals surface area contributed by atoms with Gasteiger partial charge in [-0.05, 0) is 39.0 Å². The Morgan fingerprint density at radius 2 is 2.27 bits per heavy atom. The van der Waals surface area contributed by atoms with Gasteiger partial charge in [0.2, 0.25) is 5.91 Å². The third kappa shape index (κ3) is 3.06. The minimum atomic E-state index is -0.0625. The van der Waals surface area contributed by atoms with Crippen LogP contribution in [0.3, 0.4) is 0 Å². The zero-order valence-electron chi connectivity index (χ0n) is 13.2. The molecule has 1 amide bonds. The van der Waals surface area contributed by atoms with Crippen LogP contribution >= 0.6 is 11.3 Å². The van der Waals surface area contributed by atoms with Gasteiger partial charge in [-0.2, -0.15) is 0 Å². The van der Waals surface area contributed by atoms with Crippen LogP contribution in [0.2, 0.25) is 0 Å². The number of hydrogen-bond acceptors (Lipinski definition) is 5. The fourth-order valence-corrected chi connectivity index (χ4v) is 4.06. The van der Waals surface area contributed by atoms with Crippen molar-refractivity contribution >= 4 is 22.4 Å². The highest BCUT2D eigenvalue weighted by Gasteiger charge is 2.22. The minimum absolute atomic E-state index is 0.0625. The van der Waals surface area contributed by atoms with Gasteiger partial charge in [0.25, 0.3) is 0 Å². The molecule has 0 saturated carbocycles. The van der Waals surface area contributed by atoms with E-state index in [2.05, 4.69) is 22.4 Å². The second-order valence-electron chi connectivity index (χ2n) is 5.93. The Balaban J connectivity index is 1.67. The van der Waals surface area contributed by atoms with E-state index < -0.39 is 0 Å². The highest BCUT2D eigenvalue weighted by Crippen LogP contribution is 2.33. The maximum Gasteiger partial charge on any atom is 0.230 e. The summed E-state index contributed by atoms with van der Waals surface area (Å²) in [6.07, 6.45) is 4.83. The Kier molecular flexibility index (Phi) is 4.29. The van der Waals surface area contributed by atoms with Crippen LogP contribution in [-0.4, -0.2) is 16.0 Å². The molecule has 0 unspecified atom stereocenters. The van der Waals surface area contributed by atoms with Gasteiger partial charge in [0.05, 0.1) is 17.8 Å². The van der Waals surface area contributed by atoms with Gasteiger partial charge in [-0.3, -0.25) is 4.79 Å². The molecule has 1 aliphatic rings. The minimum Gasteiger partial charge on any atom is -0.361 e. The fourth-order valence-electron chi connectivity index (χ4n) is 2.92. The summed E-state index contributed by atoms with van der Waals surface area (Å²) in [6.45, 7) is 5.92. The average molecular weight is 319 g/mol. The number of aryl methyl sites for hydroxylation is 3. The van der Waals surface area contributed by atoms with Gasteiger partial charge in [-0.15, -0.1) is 11.3 Å². The summed E-state index contributed by atoms with van der Waals surface area (Å²) in [5.41, 5.74) is 2.81. The van der Waals surface area contributed by atoms with Gasteiger partial charge in [-0.25, -0.2) is 4.98 Å². The van der Waals surface area contributed by atoms with Crippen molar-refractivity contribution in [2.45, 2.75) is 52.9 Å². The quantitative estimate of drug-likeness (QED) is 0.937. The molecule has 118 valence electrons. The standard InChI is InChI=1S/C16H21N3O2S/c1-4-11-5-6-13-14(7-11)22-16(17-13)18-15(20)8-12-9(2)19-21-10(12)3/h11H,4-8H2,1-3H3,(H,17,18,20)/t11-/m1/s1. The van der Waals surface area contributed by atoms with Crippen LogP contribution in [-0.2, 0) is 24.1 Å². The number of thiazole rings is 1. The molecule has 1 atom stereocenters. The SMILES string of the molecule is CC[C@@H]1CCc2nc(NC(=O)Cc3c(C)noc3C)sc2C1. The Morgan fingerprint density at radius 3 is 2.95 bits per heavy atom. The molecule has 2 aromatic rings. The van der Waals surface area contributed by atoms with Crippen molar-refractivity contribution in [1.82, 2.24) is 10.1 Å². The molecule has 1 aliphatic carbocycles. The van der Waals surface area contributed by atoms with Gasteiger partial charge in [-0.1, -0.05) is 18.5 Å². The molecule has 0 saturated heterocycles. The van der Waals surface area contributed by atoms with Gasteiger partial charge >= 0.3 is 0 Å². The number of fused-ring (bicyclic) bond motifs is 1. The van der Waals surface area contributed by atoms with Crippen LogP contribution in [0.15, 0.2) is 4.52 Å². The number of carbonyl (C=O) groups is 1. The summed E-state index contributed by atoms with van der Waals surface area (Å²) in [4.78, 5) is 18.1. The lowest BCUT2D eigenvalue weighted by Gasteiger charge is -2.18. The summed E-state index contributed by atoms with van der Waals surface area (Å²) in [6, 6.07) is 0. The van der Waals surface area contributed by atoms with Crippen LogP contribution in [0.1, 0.15) is 47.4 Å². The highest BCUT2D eigenvalue weighted by molar-refractivity contribution is 7.15. The molecular formula is C16H21N3O2S. The number of rotatable bonds is 4. The van der Waals surface area contributed by atoms with Crippen molar-refractivity contribution in [2.24, 2.45) is 5.92 Å². The number of anilines is 1. The number of nitrogens with one attached hydrogen (secondary N) is 1. The number of carbonyl (C=O) groups excluding carboxylic acids is 1. The highest BCUT2D eigenvalue weighted by atomic mass is 32.1. The molecular weight excluding hydrogens is 298 g/mol. The van der Waals surface area contributed by atoms with Crippen molar-refractivity contribution in [3.8, 4) is 0 Å². The first-order valence-corrected chi connectivity index (χ1v) is 8.58. The van der Waals surface area contributed by atoms with E-state index in [4.69, 9.17) is 4.52 Å². The molecule has 5 nitrogen and oxygen atoms in total. The van der Waals surface area contributed by atoms with Gasteiger partial charge in [0.15, 0.2) is 5.13 Å². The molecule has 0 spiro atoms. The molecule has 22 heavy (non-hydrogen) atoms. The first kappa shape index (κ1) is 15.2. The Labute approximate surface area is 134 Å². The van der Waals surface area contributed by atoms with Crippen LogP contribution < -0.4 is 5.32 Å². The first-order valence-electron chi connectivity index (χ1n) is 7.77. The van der Waals surface area contributed by atoms with E-state index in [0.717, 1.165) is 35.1 Å². The summed E-state index contributed by atoms with van der Waals surface area (Å²) in [5.74, 6) is 1.41. The lowest BCUT2D eigenvalue weighted by Crippen LogP contribution is -2.15. The van der Waals surface area contributed by atoms with E-state index in [1.807, 2.05) is 13.8 Å². The Bertz CT molecular complexity index is 670. The maximum atomic E-state index is 12.2. The average Bonchev–Trinajstić information content (AvgIpc) is 3.03. The zero-order chi connectivity index (χ0) is 15.7. The topological polar surface area (TPSA) is 68.0 Å². The molecule has 1 N–H and O–H groups in total. The first-order chi connectivity index (χ1) is 10.6. The van der Waals surface area contributed by atoms with E-state index in [0.29, 0.717) is 5.76 Å². The summed E-state index contributed by atoms with van der Waals surface area (Å²) in [5, 5.41) is 7.52. The summed E-state index contributed by atoms with van der Waals surface area (Å²) < 4.78 is 5.09. The van der Waals surface area contributed by atoms with Crippen LogP contribution in [0.25, 0.3) is 0 Å². The van der Waals surface area contributed by atoms with Crippen LogP contribution in [0, 0.1) is 19.8 Å². The van der Waals surface area contributed by atoms with Crippen molar-refractivity contribution in [1.29, 1.82) is 0 Å². The van der Waals surface area contributed by atoms with Crippen molar-refractivity contribution in [3.05, 3.63) is 27.6 Å². The predicted molar refractivity (Wildman–Crippen MR) is 86.2 cm³/mol. The third-order valence-electron chi connectivity index (χ3n) is 4.38. The molecule has 2 heterocycles. The van der Waals surface area contributed by atoms with Gasteiger partial charge in [0.1, 0.15) is 5.76 Å². The molecule has 0 bridgehead atoms. The molecule has 6 heteroatoms. The lowest BCUT2D eigenvalue weighted by molar-refractivity contribution is -0.115. The molecule has 0 aliphatic heterocycles. The molecule has 0 aromatic carbocycles. The predicted octanol–water partition coefficient (Wildman–Crippen LogP) is 3.44. The van der Waals surface area contributed by atoms with E-state index in [9.17, 15) is 4.79 Å². The van der Waals surface area contributed by atoms with Crippen molar-refractivity contribution in [3.63, 3.8) is 0 Å². The van der Waals surface area contributed by atoms with Crippen molar-refractivity contribution in [2.75, 3.05) is 5.32 Å². The number of nitrogens with zero attached hydrogens (tertiary/aromatic N) is 2. The Morgan fingerprint density at radius 1 is 1.45 bits per heavy atom. The summed E-state index contributed by atoms with van der Waals surface area (Å²) >= 11 is 1.62. The second kappa shape index (κ2) is 6.20. The fraction of sp³-hybridized carbons (Fsp3) is 0.562. The van der Waals surface area contributed by atoms with Crippen molar-refractivity contribution < 1.29 is 9.32 Å². The van der Waals surface area contributed by atoms with Gasteiger partial charge < -0.3 is 9.84 Å². The van der Waals surface area contributed by atoms with E-state index in [1.165, 1.54) is 23.4 Å².